The Morgan fingerprint density at radius 1 is 1.17 bits per heavy atom. The average Bonchev–Trinajstić information content (AvgIpc) is 3.13. The predicted octanol–water partition coefficient (Wildman–Crippen LogP) is 4.35. The lowest BCUT2D eigenvalue weighted by Gasteiger charge is -2.26. The van der Waals surface area contributed by atoms with E-state index in [9.17, 15) is 18.8 Å². The van der Waals surface area contributed by atoms with E-state index in [2.05, 4.69) is 0 Å². The lowest BCUT2D eigenvalue weighted by molar-refractivity contribution is -0.137. The Hall–Kier alpha value is -3.08. The fourth-order valence-corrected chi connectivity index (χ4v) is 4.74. The van der Waals surface area contributed by atoms with Crippen molar-refractivity contribution in [3.63, 3.8) is 0 Å². The molecule has 2 aliphatic heterocycles. The van der Waals surface area contributed by atoms with E-state index >= 15 is 0 Å². The molecular formula is C25H24ClFN2O6S. The van der Waals surface area contributed by atoms with Crippen molar-refractivity contribution >= 4 is 46.5 Å². The minimum atomic E-state index is -0.588. The number of nitrogens with zero attached hydrogens (tertiary/aromatic N) is 2. The van der Waals surface area contributed by atoms with Gasteiger partial charge in [0.1, 0.15) is 5.82 Å². The van der Waals surface area contributed by atoms with Crippen molar-refractivity contribution in [2.45, 2.75) is 13.5 Å². The van der Waals surface area contributed by atoms with E-state index in [-0.39, 0.29) is 34.6 Å². The molecule has 0 N–H and O–H groups in total. The number of ether oxygens (including phenoxy) is 3. The van der Waals surface area contributed by atoms with Crippen LogP contribution in [0, 0.1) is 5.82 Å². The summed E-state index contributed by atoms with van der Waals surface area (Å²) in [6.07, 6.45) is 1.55. The molecule has 2 saturated heterocycles. The Kier molecular flexibility index (Phi) is 8.50. The maximum absolute atomic E-state index is 14.2. The zero-order valence-corrected chi connectivity index (χ0v) is 21.1. The molecule has 36 heavy (non-hydrogen) atoms. The summed E-state index contributed by atoms with van der Waals surface area (Å²) < 4.78 is 30.8. The summed E-state index contributed by atoms with van der Waals surface area (Å²) in [5, 5.41) is -0.376. The van der Waals surface area contributed by atoms with Crippen molar-refractivity contribution in [3.8, 4) is 11.5 Å². The quantitative estimate of drug-likeness (QED) is 0.465. The fraction of sp³-hybridized carbons (Fsp3) is 0.320. The largest absolute Gasteiger partial charge is 0.490 e. The minimum absolute atomic E-state index is 0.0782. The monoisotopic (exact) mass is 534 g/mol. The molecule has 190 valence electrons. The number of thioether (sulfide) groups is 1. The number of morpholine rings is 1. The van der Waals surface area contributed by atoms with Crippen molar-refractivity contribution in [1.82, 2.24) is 9.80 Å². The standard InChI is InChI=1S/C25H24ClFN2O6S/c1-2-34-21-12-16(6-7-20(21)35-15-23(30)28-8-10-33-11-9-28)13-22-24(31)29(25(32)36-22)14-17-18(26)4-3-5-19(17)27/h3-7,12-13H,2,8-11,14-15H2,1H3/b22-13-. The summed E-state index contributed by atoms with van der Waals surface area (Å²) in [6, 6.07) is 9.19. The molecule has 8 nitrogen and oxygen atoms in total. The van der Waals surface area contributed by atoms with Gasteiger partial charge in [-0.15, -0.1) is 0 Å². The predicted molar refractivity (Wildman–Crippen MR) is 133 cm³/mol. The maximum atomic E-state index is 14.2. The topological polar surface area (TPSA) is 85.4 Å². The van der Waals surface area contributed by atoms with Gasteiger partial charge in [0.25, 0.3) is 17.1 Å². The molecule has 11 heteroatoms. The Morgan fingerprint density at radius 3 is 2.67 bits per heavy atom. The summed E-state index contributed by atoms with van der Waals surface area (Å²) in [5.74, 6) is -0.488. The normalized spacial score (nSPS) is 17.1. The Morgan fingerprint density at radius 2 is 1.94 bits per heavy atom. The van der Waals surface area contributed by atoms with Crippen LogP contribution in [0.1, 0.15) is 18.1 Å². The van der Waals surface area contributed by atoms with Crippen LogP contribution in [0.4, 0.5) is 9.18 Å². The van der Waals surface area contributed by atoms with Gasteiger partial charge in [-0.05, 0) is 54.6 Å². The van der Waals surface area contributed by atoms with Gasteiger partial charge >= 0.3 is 0 Å². The zero-order valence-electron chi connectivity index (χ0n) is 19.5. The first-order chi connectivity index (χ1) is 17.4. The van der Waals surface area contributed by atoms with Crippen molar-refractivity contribution in [3.05, 3.63) is 63.3 Å². The third-order valence-electron chi connectivity index (χ3n) is 5.53. The molecule has 0 spiro atoms. The number of benzene rings is 2. The summed E-state index contributed by atoms with van der Waals surface area (Å²) >= 11 is 6.82. The molecule has 2 aromatic carbocycles. The molecule has 2 aromatic rings. The number of amides is 3. The zero-order chi connectivity index (χ0) is 25.7. The van der Waals surface area contributed by atoms with Crippen LogP contribution in [0.25, 0.3) is 6.08 Å². The molecule has 0 radical (unpaired) electrons. The molecule has 0 unspecified atom stereocenters. The lowest BCUT2D eigenvalue weighted by Crippen LogP contribution is -2.43. The van der Waals surface area contributed by atoms with Crippen LogP contribution in [0.15, 0.2) is 41.3 Å². The van der Waals surface area contributed by atoms with E-state index in [1.807, 2.05) is 6.92 Å². The lowest BCUT2D eigenvalue weighted by atomic mass is 10.1. The highest BCUT2D eigenvalue weighted by Crippen LogP contribution is 2.36. The van der Waals surface area contributed by atoms with Crippen LogP contribution >= 0.6 is 23.4 Å². The molecule has 0 aliphatic carbocycles. The smallest absolute Gasteiger partial charge is 0.293 e. The van der Waals surface area contributed by atoms with Crippen molar-refractivity contribution in [2.24, 2.45) is 0 Å². The second-order valence-corrected chi connectivity index (χ2v) is 9.29. The Balaban J connectivity index is 1.47. The van der Waals surface area contributed by atoms with Crippen molar-refractivity contribution < 1.29 is 33.0 Å². The minimum Gasteiger partial charge on any atom is -0.490 e. The molecule has 2 heterocycles. The molecule has 4 rings (SSSR count). The first-order valence-corrected chi connectivity index (χ1v) is 12.5. The van der Waals surface area contributed by atoms with Gasteiger partial charge in [-0.3, -0.25) is 19.3 Å². The van der Waals surface area contributed by atoms with Gasteiger partial charge in [-0.2, -0.15) is 0 Å². The van der Waals surface area contributed by atoms with E-state index in [0.717, 1.165) is 16.7 Å². The van der Waals surface area contributed by atoms with E-state index < -0.39 is 17.0 Å². The number of imide groups is 1. The van der Waals surface area contributed by atoms with Gasteiger partial charge in [0, 0.05) is 23.7 Å². The van der Waals surface area contributed by atoms with Crippen LogP contribution in [0.5, 0.6) is 11.5 Å². The first-order valence-electron chi connectivity index (χ1n) is 11.3. The second kappa shape index (κ2) is 11.8. The highest BCUT2D eigenvalue weighted by atomic mass is 35.5. The SMILES string of the molecule is CCOc1cc(/C=C2\SC(=O)N(Cc3c(F)cccc3Cl)C2=O)ccc1OCC(=O)N1CCOCC1. The van der Waals surface area contributed by atoms with Gasteiger partial charge in [-0.1, -0.05) is 23.7 Å². The van der Waals surface area contributed by atoms with Gasteiger partial charge in [-0.25, -0.2) is 4.39 Å². The number of rotatable bonds is 8. The van der Waals surface area contributed by atoms with E-state index in [4.69, 9.17) is 25.8 Å². The van der Waals surface area contributed by atoms with Crippen LogP contribution in [0.3, 0.4) is 0 Å². The number of hydrogen-bond donors (Lipinski definition) is 0. The van der Waals surface area contributed by atoms with Crippen molar-refractivity contribution in [1.29, 1.82) is 0 Å². The highest BCUT2D eigenvalue weighted by molar-refractivity contribution is 8.18. The molecular weight excluding hydrogens is 511 g/mol. The van der Waals surface area contributed by atoms with Crippen molar-refractivity contribution in [2.75, 3.05) is 39.5 Å². The third-order valence-corrected chi connectivity index (χ3v) is 6.79. The third kappa shape index (κ3) is 6.00. The number of hydrogen-bond acceptors (Lipinski definition) is 7. The van der Waals surface area contributed by atoms with Crippen LogP contribution < -0.4 is 9.47 Å². The number of carbonyl (C=O) groups excluding carboxylic acids is 3. The Labute approximate surface area is 216 Å². The molecule has 3 amide bonds. The van der Waals surface area contributed by atoms with Gasteiger partial charge < -0.3 is 19.1 Å². The summed E-state index contributed by atoms with van der Waals surface area (Å²) in [4.78, 5) is 40.6. The summed E-state index contributed by atoms with van der Waals surface area (Å²) in [5.41, 5.74) is 0.675. The molecule has 0 bridgehead atoms. The average molecular weight is 535 g/mol. The van der Waals surface area contributed by atoms with E-state index in [1.54, 1.807) is 29.2 Å². The maximum Gasteiger partial charge on any atom is 0.293 e. The van der Waals surface area contributed by atoms with Gasteiger partial charge in [0.05, 0.1) is 31.3 Å². The van der Waals surface area contributed by atoms with Crippen LogP contribution in [0.2, 0.25) is 5.02 Å². The van der Waals surface area contributed by atoms with E-state index in [1.165, 1.54) is 18.2 Å². The summed E-state index contributed by atoms with van der Waals surface area (Å²) in [6.45, 7) is 3.83. The molecule has 0 aromatic heterocycles. The van der Waals surface area contributed by atoms with Gasteiger partial charge in [0.2, 0.25) is 0 Å². The fourth-order valence-electron chi connectivity index (χ4n) is 3.67. The molecule has 2 fully saturated rings. The van der Waals surface area contributed by atoms with E-state index in [0.29, 0.717) is 50.0 Å². The number of halogens is 2. The molecule has 0 saturated carbocycles. The highest BCUT2D eigenvalue weighted by Gasteiger charge is 2.36. The molecule has 0 atom stereocenters. The first kappa shape index (κ1) is 26.0. The molecule has 2 aliphatic rings. The Bertz CT molecular complexity index is 1180. The number of carbonyl (C=O) groups is 3. The van der Waals surface area contributed by atoms with Crippen LogP contribution in [-0.2, 0) is 20.9 Å². The second-order valence-electron chi connectivity index (χ2n) is 7.89. The summed E-state index contributed by atoms with van der Waals surface area (Å²) in [7, 11) is 0. The van der Waals surface area contributed by atoms with Crippen LogP contribution in [-0.4, -0.2) is 66.4 Å². The van der Waals surface area contributed by atoms with Gasteiger partial charge in [0.15, 0.2) is 18.1 Å².